The predicted molar refractivity (Wildman–Crippen MR) is 72.7 cm³/mol. The van der Waals surface area contributed by atoms with Crippen LogP contribution < -0.4 is 5.32 Å². The zero-order valence-corrected chi connectivity index (χ0v) is 11.6. The fourth-order valence-corrected chi connectivity index (χ4v) is 1.67. The van der Waals surface area contributed by atoms with Gasteiger partial charge in [-0.1, -0.05) is 12.1 Å². The van der Waals surface area contributed by atoms with Gasteiger partial charge in [0.25, 0.3) is 0 Å². The van der Waals surface area contributed by atoms with E-state index in [1.165, 1.54) is 17.0 Å². The largest absolute Gasteiger partial charge is 0.481 e. The fraction of sp³-hybridized carbons (Fsp3) is 0.429. The summed E-state index contributed by atoms with van der Waals surface area (Å²) >= 11 is 0. The quantitative estimate of drug-likeness (QED) is 0.840. The lowest BCUT2D eigenvalue weighted by molar-refractivity contribution is -0.137. The maximum Gasteiger partial charge on any atom is 0.317 e. The molecule has 0 bridgehead atoms. The number of rotatable bonds is 6. The highest BCUT2D eigenvalue weighted by Crippen LogP contribution is 2.06. The van der Waals surface area contributed by atoms with E-state index in [0.29, 0.717) is 13.0 Å². The Morgan fingerprint density at radius 1 is 1.35 bits per heavy atom. The molecule has 20 heavy (non-hydrogen) atoms. The number of carbonyl (C=O) groups is 2. The van der Waals surface area contributed by atoms with Crippen molar-refractivity contribution in [2.45, 2.75) is 32.4 Å². The summed E-state index contributed by atoms with van der Waals surface area (Å²) in [4.78, 5) is 23.8. The average Bonchev–Trinajstić information content (AvgIpc) is 2.39. The Kier molecular flexibility index (Phi) is 5.96. The van der Waals surface area contributed by atoms with Gasteiger partial charge in [-0.15, -0.1) is 0 Å². The number of hydrogen-bond donors (Lipinski definition) is 2. The highest BCUT2D eigenvalue weighted by molar-refractivity contribution is 5.74. The number of carboxylic acid groups (broad SMARTS) is 1. The Balaban J connectivity index is 2.42. The molecule has 0 aliphatic heterocycles. The van der Waals surface area contributed by atoms with Gasteiger partial charge in [-0.25, -0.2) is 9.18 Å². The third-order valence-electron chi connectivity index (χ3n) is 2.84. The van der Waals surface area contributed by atoms with E-state index in [2.05, 4.69) is 5.32 Å². The smallest absolute Gasteiger partial charge is 0.317 e. The van der Waals surface area contributed by atoms with Crippen LogP contribution in [0.25, 0.3) is 0 Å². The number of urea groups is 1. The molecular formula is C14H19FN2O3. The van der Waals surface area contributed by atoms with Crippen molar-refractivity contribution in [1.82, 2.24) is 10.2 Å². The first-order valence-electron chi connectivity index (χ1n) is 6.36. The monoisotopic (exact) mass is 282 g/mol. The number of amides is 2. The van der Waals surface area contributed by atoms with Crippen LogP contribution in [0.4, 0.5) is 9.18 Å². The minimum Gasteiger partial charge on any atom is -0.481 e. The summed E-state index contributed by atoms with van der Waals surface area (Å²) in [6, 6.07) is 5.43. The first kappa shape index (κ1) is 15.9. The Hall–Kier alpha value is -2.11. The number of halogens is 1. The van der Waals surface area contributed by atoms with Gasteiger partial charge in [-0.2, -0.15) is 0 Å². The number of aliphatic carboxylic acids is 1. The minimum atomic E-state index is -0.884. The molecule has 2 N–H and O–H groups in total. The van der Waals surface area contributed by atoms with E-state index < -0.39 is 5.97 Å². The van der Waals surface area contributed by atoms with Crippen LogP contribution in [0.3, 0.4) is 0 Å². The summed E-state index contributed by atoms with van der Waals surface area (Å²) in [5, 5.41) is 11.3. The van der Waals surface area contributed by atoms with E-state index in [1.807, 2.05) is 0 Å². The van der Waals surface area contributed by atoms with E-state index in [4.69, 9.17) is 5.11 Å². The lowest BCUT2D eigenvalue weighted by Crippen LogP contribution is -2.41. The molecule has 0 radical (unpaired) electrons. The van der Waals surface area contributed by atoms with E-state index in [0.717, 1.165) is 5.56 Å². The van der Waals surface area contributed by atoms with Gasteiger partial charge in [-0.05, 0) is 31.0 Å². The van der Waals surface area contributed by atoms with Crippen LogP contribution >= 0.6 is 0 Å². The molecule has 0 aromatic heterocycles. The number of nitrogens with one attached hydrogen (secondary N) is 1. The second-order valence-electron chi connectivity index (χ2n) is 4.77. The molecule has 0 heterocycles. The molecule has 1 atom stereocenters. The van der Waals surface area contributed by atoms with Gasteiger partial charge in [0.15, 0.2) is 0 Å². The summed E-state index contributed by atoms with van der Waals surface area (Å²) in [7, 11) is 1.63. The summed E-state index contributed by atoms with van der Waals surface area (Å²) in [5.41, 5.74) is 0.822. The lowest BCUT2D eigenvalue weighted by atomic mass is 10.2. The van der Waals surface area contributed by atoms with Gasteiger partial charge in [0, 0.05) is 26.1 Å². The van der Waals surface area contributed by atoms with E-state index in [1.54, 1.807) is 26.1 Å². The van der Waals surface area contributed by atoms with Crippen LogP contribution in [0.15, 0.2) is 24.3 Å². The molecule has 1 aromatic rings. The maximum atomic E-state index is 12.8. The van der Waals surface area contributed by atoms with Crippen LogP contribution in [0.5, 0.6) is 0 Å². The Morgan fingerprint density at radius 2 is 1.95 bits per heavy atom. The van der Waals surface area contributed by atoms with Crippen molar-refractivity contribution in [1.29, 1.82) is 0 Å². The van der Waals surface area contributed by atoms with E-state index in [-0.39, 0.29) is 24.3 Å². The van der Waals surface area contributed by atoms with Crippen molar-refractivity contribution in [3.63, 3.8) is 0 Å². The fourth-order valence-electron chi connectivity index (χ4n) is 1.67. The molecule has 0 aliphatic carbocycles. The van der Waals surface area contributed by atoms with Crippen LogP contribution in [0.1, 0.15) is 25.3 Å². The van der Waals surface area contributed by atoms with Gasteiger partial charge >= 0.3 is 12.0 Å². The Labute approximate surface area is 117 Å². The number of carboxylic acids is 1. The van der Waals surface area contributed by atoms with Gasteiger partial charge < -0.3 is 15.3 Å². The number of hydrogen-bond acceptors (Lipinski definition) is 2. The van der Waals surface area contributed by atoms with Crippen molar-refractivity contribution in [3.05, 3.63) is 35.6 Å². The molecule has 110 valence electrons. The SMILES string of the molecule is CC(CCC(=O)O)NC(=O)N(C)Cc1ccc(F)cc1. The molecule has 1 unspecified atom stereocenters. The van der Waals surface area contributed by atoms with Crippen LogP contribution in [-0.4, -0.2) is 35.1 Å². The molecule has 0 spiro atoms. The molecule has 1 rings (SSSR count). The van der Waals surface area contributed by atoms with Crippen LogP contribution in [-0.2, 0) is 11.3 Å². The highest BCUT2D eigenvalue weighted by atomic mass is 19.1. The van der Waals surface area contributed by atoms with Crippen molar-refractivity contribution >= 4 is 12.0 Å². The molecule has 0 saturated carbocycles. The summed E-state index contributed by atoms with van der Waals surface area (Å²) in [6.45, 7) is 2.12. The van der Waals surface area contributed by atoms with Crippen LogP contribution in [0.2, 0.25) is 0 Å². The molecule has 0 aliphatic rings. The van der Waals surface area contributed by atoms with Gasteiger partial charge in [0.1, 0.15) is 5.82 Å². The van der Waals surface area contributed by atoms with Crippen molar-refractivity contribution in [2.75, 3.05) is 7.05 Å². The average molecular weight is 282 g/mol. The number of benzene rings is 1. The highest BCUT2D eigenvalue weighted by Gasteiger charge is 2.13. The molecule has 2 amide bonds. The predicted octanol–water partition coefficient (Wildman–Crippen LogP) is 2.22. The number of carbonyl (C=O) groups excluding carboxylic acids is 1. The van der Waals surface area contributed by atoms with E-state index >= 15 is 0 Å². The first-order chi connectivity index (χ1) is 9.38. The van der Waals surface area contributed by atoms with Gasteiger partial charge in [-0.3, -0.25) is 4.79 Å². The summed E-state index contributed by atoms with van der Waals surface area (Å²) < 4.78 is 12.8. The molecule has 6 heteroatoms. The van der Waals surface area contributed by atoms with Crippen molar-refractivity contribution in [2.24, 2.45) is 0 Å². The normalized spacial score (nSPS) is 11.8. The Morgan fingerprint density at radius 3 is 2.50 bits per heavy atom. The van der Waals surface area contributed by atoms with Gasteiger partial charge in [0.05, 0.1) is 0 Å². The number of nitrogens with zero attached hydrogens (tertiary/aromatic N) is 1. The third-order valence-corrected chi connectivity index (χ3v) is 2.84. The summed E-state index contributed by atoms with van der Waals surface area (Å²) in [6.07, 6.45) is 0.397. The zero-order chi connectivity index (χ0) is 15.1. The third kappa shape index (κ3) is 5.69. The van der Waals surface area contributed by atoms with E-state index in [9.17, 15) is 14.0 Å². The molecule has 5 nitrogen and oxygen atoms in total. The minimum absolute atomic E-state index is 0.0170. The first-order valence-corrected chi connectivity index (χ1v) is 6.36. The molecule has 0 fully saturated rings. The molecule has 1 aromatic carbocycles. The second-order valence-corrected chi connectivity index (χ2v) is 4.77. The van der Waals surface area contributed by atoms with Crippen molar-refractivity contribution in [3.8, 4) is 0 Å². The maximum absolute atomic E-state index is 12.8. The zero-order valence-electron chi connectivity index (χ0n) is 11.6. The second kappa shape index (κ2) is 7.47. The summed E-state index contributed by atoms with van der Waals surface area (Å²) in [5.74, 6) is -1.20. The molecule has 0 saturated heterocycles. The Bertz CT molecular complexity index is 462. The topological polar surface area (TPSA) is 69.6 Å². The van der Waals surface area contributed by atoms with Gasteiger partial charge in [0.2, 0.25) is 0 Å². The molecular weight excluding hydrogens is 263 g/mol. The standard InChI is InChI=1S/C14H19FN2O3/c1-10(3-8-13(18)19)16-14(20)17(2)9-11-4-6-12(15)7-5-11/h4-7,10H,3,8-9H2,1-2H3,(H,16,20)(H,18,19). The van der Waals surface area contributed by atoms with Crippen LogP contribution in [0, 0.1) is 5.82 Å². The van der Waals surface area contributed by atoms with Crippen molar-refractivity contribution < 1.29 is 19.1 Å². The lowest BCUT2D eigenvalue weighted by Gasteiger charge is -2.21.